The number of nitro benzene ring substituents is 1. The average molecular weight is 446 g/mol. The topological polar surface area (TPSA) is 102 Å². The molecule has 170 valence electrons. The predicted octanol–water partition coefficient (Wildman–Crippen LogP) is 4.14. The number of hydrogen-bond acceptors (Lipinski definition) is 5. The lowest BCUT2D eigenvalue weighted by Gasteiger charge is -2.35. The van der Waals surface area contributed by atoms with Gasteiger partial charge in [0.1, 0.15) is 18.0 Å². The fraction of sp³-hybridized carbons (Fsp3) is 0.409. The number of carbonyl (C=O) groups is 1. The molecule has 32 heavy (non-hydrogen) atoms. The number of amides is 2. The fourth-order valence-electron chi connectivity index (χ4n) is 4.16. The van der Waals surface area contributed by atoms with Gasteiger partial charge >= 0.3 is 6.03 Å². The summed E-state index contributed by atoms with van der Waals surface area (Å²) < 4.78 is 31.6. The summed E-state index contributed by atoms with van der Waals surface area (Å²) in [6.07, 6.45) is -1.76. The first-order valence-corrected chi connectivity index (χ1v) is 10.5. The van der Waals surface area contributed by atoms with Crippen LogP contribution in [-0.4, -0.2) is 53.4 Å². The van der Waals surface area contributed by atoms with Gasteiger partial charge in [-0.2, -0.15) is 0 Å². The molecule has 2 amide bonds. The highest BCUT2D eigenvalue weighted by atomic mass is 19.3. The summed E-state index contributed by atoms with van der Waals surface area (Å²) in [5, 5.41) is 11.2. The molecule has 0 aromatic heterocycles. The molecule has 1 fully saturated rings. The van der Waals surface area contributed by atoms with Crippen LogP contribution in [-0.2, 0) is 6.54 Å². The number of piperidine rings is 1. The normalized spacial score (nSPS) is 17.0. The van der Waals surface area contributed by atoms with E-state index in [1.165, 1.54) is 12.1 Å². The van der Waals surface area contributed by atoms with Crippen LogP contribution in [0.1, 0.15) is 18.4 Å². The number of nitrogens with two attached hydrogens (primary N) is 1. The van der Waals surface area contributed by atoms with Crippen molar-refractivity contribution >= 4 is 17.4 Å². The molecule has 8 nitrogen and oxygen atoms in total. The second-order valence-corrected chi connectivity index (χ2v) is 8.06. The van der Waals surface area contributed by atoms with Crippen molar-refractivity contribution in [1.29, 1.82) is 0 Å². The first kappa shape index (κ1) is 21.8. The molecule has 1 saturated heterocycles. The van der Waals surface area contributed by atoms with Gasteiger partial charge in [-0.05, 0) is 42.2 Å². The molecule has 0 radical (unpaired) electrons. The highest BCUT2D eigenvalue weighted by molar-refractivity contribution is 5.76. The van der Waals surface area contributed by atoms with Crippen LogP contribution in [0, 0.1) is 16.0 Å². The van der Waals surface area contributed by atoms with Gasteiger partial charge in [0, 0.05) is 30.6 Å². The zero-order valence-electron chi connectivity index (χ0n) is 17.4. The number of rotatable bonds is 3. The summed E-state index contributed by atoms with van der Waals surface area (Å²) >= 11 is 0. The Balaban J connectivity index is 1.53. The zero-order valence-corrected chi connectivity index (χ0v) is 17.4. The van der Waals surface area contributed by atoms with E-state index in [-0.39, 0.29) is 17.4 Å². The summed E-state index contributed by atoms with van der Waals surface area (Å²) in [5.41, 5.74) is 7.76. The Hall–Kier alpha value is -3.43. The van der Waals surface area contributed by atoms with Crippen molar-refractivity contribution in [3.05, 3.63) is 52.1 Å². The van der Waals surface area contributed by atoms with Crippen molar-refractivity contribution < 1.29 is 23.2 Å². The molecule has 0 bridgehead atoms. The third kappa shape index (κ3) is 4.44. The van der Waals surface area contributed by atoms with Gasteiger partial charge in [0.2, 0.25) is 6.43 Å². The van der Waals surface area contributed by atoms with Crippen LogP contribution in [0.5, 0.6) is 5.75 Å². The van der Waals surface area contributed by atoms with E-state index in [9.17, 15) is 23.7 Å². The number of nitrogen functional groups attached to an aromatic ring is 1. The molecule has 2 N–H and O–H groups in total. The molecule has 2 aromatic carbocycles. The molecule has 10 heteroatoms. The quantitative estimate of drug-likeness (QED) is 0.434. The van der Waals surface area contributed by atoms with E-state index in [2.05, 4.69) is 0 Å². The lowest BCUT2D eigenvalue weighted by molar-refractivity contribution is -0.383. The molecule has 0 atom stereocenters. The second kappa shape index (κ2) is 8.97. The van der Waals surface area contributed by atoms with Gasteiger partial charge in [-0.3, -0.25) is 10.1 Å². The molecular formula is C22H24F2N4O4. The van der Waals surface area contributed by atoms with E-state index in [4.69, 9.17) is 10.5 Å². The van der Waals surface area contributed by atoms with E-state index in [0.717, 1.165) is 11.1 Å². The summed E-state index contributed by atoms with van der Waals surface area (Å²) in [4.78, 5) is 27.0. The number of ether oxygens (including phenoxy) is 1. The Morgan fingerprint density at radius 1 is 1.09 bits per heavy atom. The number of nitrogens with zero attached hydrogens (tertiary/aromatic N) is 3. The number of alkyl halides is 2. The summed E-state index contributed by atoms with van der Waals surface area (Å²) in [7, 11) is 0. The van der Waals surface area contributed by atoms with Gasteiger partial charge in [0.25, 0.3) is 5.69 Å². The van der Waals surface area contributed by atoms with Crippen LogP contribution in [0.15, 0.2) is 36.4 Å². The van der Waals surface area contributed by atoms with Gasteiger partial charge in [0.05, 0.1) is 18.0 Å². The molecular weight excluding hydrogens is 422 g/mol. The number of likely N-dealkylation sites (tertiary alicyclic amines) is 1. The van der Waals surface area contributed by atoms with Crippen molar-refractivity contribution in [1.82, 2.24) is 9.80 Å². The minimum Gasteiger partial charge on any atom is -0.491 e. The molecule has 4 rings (SSSR count). The molecule has 0 spiro atoms. The number of nitro groups is 1. The molecule has 0 saturated carbocycles. The van der Waals surface area contributed by atoms with E-state index < -0.39 is 17.3 Å². The predicted molar refractivity (Wildman–Crippen MR) is 115 cm³/mol. The van der Waals surface area contributed by atoms with Gasteiger partial charge in [-0.15, -0.1) is 0 Å². The Kier molecular flexibility index (Phi) is 6.11. The van der Waals surface area contributed by atoms with Gasteiger partial charge in [-0.1, -0.05) is 12.1 Å². The Labute approximate surface area is 183 Å². The number of halogens is 2. The van der Waals surface area contributed by atoms with E-state index in [1.807, 2.05) is 6.07 Å². The van der Waals surface area contributed by atoms with E-state index in [1.54, 1.807) is 28.0 Å². The monoisotopic (exact) mass is 446 g/mol. The van der Waals surface area contributed by atoms with Gasteiger partial charge in [0.15, 0.2) is 0 Å². The average Bonchev–Trinajstić information content (AvgIpc) is 3.00. The van der Waals surface area contributed by atoms with Crippen LogP contribution < -0.4 is 10.5 Å². The summed E-state index contributed by atoms with van der Waals surface area (Å²) in [6.45, 7) is 1.62. The zero-order chi connectivity index (χ0) is 22.8. The van der Waals surface area contributed by atoms with Crippen molar-refractivity contribution in [3.8, 4) is 16.9 Å². The van der Waals surface area contributed by atoms with Crippen LogP contribution in [0.4, 0.5) is 25.0 Å². The summed E-state index contributed by atoms with van der Waals surface area (Å²) in [6, 6.07) is 9.87. The molecule has 2 heterocycles. The molecule has 0 unspecified atom stereocenters. The second-order valence-electron chi connectivity index (χ2n) is 8.06. The van der Waals surface area contributed by atoms with E-state index in [0.29, 0.717) is 56.9 Å². The standard InChI is InChI=1S/C22H24F2N4O4/c23-21(24)14-5-7-26(8-6-14)22(29)27-9-10-32-20-4-2-15(11-17(20)13-27)16-1-3-18(25)19(12-16)28(30)31/h1-4,11-12,14,21H,5-10,13,25H2. The minimum absolute atomic E-state index is 0.0872. The van der Waals surface area contributed by atoms with Crippen molar-refractivity contribution in [2.75, 3.05) is 32.0 Å². The minimum atomic E-state index is -2.35. The molecule has 2 aromatic rings. The maximum atomic E-state index is 13.0. The molecule has 2 aliphatic heterocycles. The Morgan fingerprint density at radius 3 is 2.47 bits per heavy atom. The Morgan fingerprint density at radius 2 is 1.78 bits per heavy atom. The lowest BCUT2D eigenvalue weighted by Crippen LogP contribution is -2.47. The third-order valence-corrected chi connectivity index (χ3v) is 6.04. The Bertz CT molecular complexity index is 1020. The van der Waals surface area contributed by atoms with Crippen molar-refractivity contribution in [2.45, 2.75) is 25.8 Å². The first-order chi connectivity index (χ1) is 15.3. The number of anilines is 1. The van der Waals surface area contributed by atoms with Crippen LogP contribution in [0.3, 0.4) is 0 Å². The number of carbonyl (C=O) groups excluding carboxylic acids is 1. The lowest BCUT2D eigenvalue weighted by atomic mass is 9.97. The van der Waals surface area contributed by atoms with E-state index >= 15 is 0 Å². The van der Waals surface area contributed by atoms with Crippen LogP contribution >= 0.6 is 0 Å². The smallest absolute Gasteiger partial charge is 0.320 e. The highest BCUT2D eigenvalue weighted by Gasteiger charge is 2.31. The fourth-order valence-corrected chi connectivity index (χ4v) is 4.16. The third-order valence-electron chi connectivity index (χ3n) is 6.04. The maximum absolute atomic E-state index is 13.0. The van der Waals surface area contributed by atoms with Crippen LogP contribution in [0.25, 0.3) is 11.1 Å². The van der Waals surface area contributed by atoms with Gasteiger partial charge in [-0.25, -0.2) is 13.6 Å². The summed E-state index contributed by atoms with van der Waals surface area (Å²) in [5.74, 6) is -0.0100. The number of hydrogen-bond donors (Lipinski definition) is 1. The van der Waals surface area contributed by atoms with Gasteiger partial charge < -0.3 is 20.3 Å². The SMILES string of the molecule is Nc1ccc(-c2ccc3c(c2)CN(C(=O)N2CCC(C(F)F)CC2)CCO3)cc1[N+](=O)[O-]. The van der Waals surface area contributed by atoms with Crippen molar-refractivity contribution in [3.63, 3.8) is 0 Å². The van der Waals surface area contributed by atoms with Crippen molar-refractivity contribution in [2.24, 2.45) is 5.92 Å². The number of benzene rings is 2. The largest absolute Gasteiger partial charge is 0.491 e. The first-order valence-electron chi connectivity index (χ1n) is 10.5. The molecule has 0 aliphatic carbocycles. The maximum Gasteiger partial charge on any atom is 0.320 e. The van der Waals surface area contributed by atoms with Crippen LogP contribution in [0.2, 0.25) is 0 Å². The number of urea groups is 1. The highest BCUT2D eigenvalue weighted by Crippen LogP contribution is 2.33. The number of fused-ring (bicyclic) bond motifs is 1. The molecule has 2 aliphatic rings.